The zero-order valence-corrected chi connectivity index (χ0v) is 14.3. The van der Waals surface area contributed by atoms with Crippen molar-refractivity contribution in [3.8, 4) is 0 Å². The summed E-state index contributed by atoms with van der Waals surface area (Å²) in [7, 11) is 2.20. The molecule has 0 saturated heterocycles. The van der Waals surface area contributed by atoms with Crippen LogP contribution in [0.5, 0.6) is 0 Å². The molecule has 3 aromatic carbocycles. The summed E-state index contributed by atoms with van der Waals surface area (Å²) in [5.41, 5.74) is 5.46. The minimum Gasteiger partial charge on any atom is -0.343 e. The minimum absolute atomic E-state index is 1.34. The number of rotatable bonds is 0. The molecular formula is C21H17NS. The summed E-state index contributed by atoms with van der Waals surface area (Å²) in [6.07, 6.45) is 0. The average molecular weight is 315 g/mol. The van der Waals surface area contributed by atoms with E-state index in [-0.39, 0.29) is 0 Å². The van der Waals surface area contributed by atoms with Gasteiger partial charge in [-0.1, -0.05) is 36.4 Å². The van der Waals surface area contributed by atoms with Gasteiger partial charge in [0.05, 0.1) is 11.0 Å². The third-order valence-corrected chi connectivity index (χ3v) is 6.20. The maximum absolute atomic E-state index is 2.39. The smallest absolute Gasteiger partial charge is 0.0525 e. The van der Waals surface area contributed by atoms with Crippen LogP contribution in [0, 0.1) is 13.8 Å². The summed E-state index contributed by atoms with van der Waals surface area (Å²) in [6.45, 7) is 4.48. The highest BCUT2D eigenvalue weighted by Crippen LogP contribution is 2.42. The van der Waals surface area contributed by atoms with E-state index in [1.807, 2.05) is 11.3 Å². The normalized spacial score (nSPS) is 12.1. The van der Waals surface area contributed by atoms with Gasteiger partial charge in [-0.3, -0.25) is 0 Å². The Bertz CT molecular complexity index is 1240. The molecule has 0 atom stereocenters. The number of para-hydroxylation sites is 1. The third kappa shape index (κ3) is 1.57. The fourth-order valence-electron chi connectivity index (χ4n) is 4.14. The molecule has 0 aliphatic rings. The fourth-order valence-corrected chi connectivity index (χ4v) is 5.35. The molecule has 0 bridgehead atoms. The van der Waals surface area contributed by atoms with Crippen LogP contribution in [0.3, 0.4) is 0 Å². The molecule has 5 aromatic rings. The van der Waals surface area contributed by atoms with Gasteiger partial charge in [-0.15, -0.1) is 11.3 Å². The largest absolute Gasteiger partial charge is 0.343 e. The molecule has 1 nitrogen and oxygen atoms in total. The van der Waals surface area contributed by atoms with Gasteiger partial charge in [0.25, 0.3) is 0 Å². The van der Waals surface area contributed by atoms with Crippen molar-refractivity contribution in [3.63, 3.8) is 0 Å². The van der Waals surface area contributed by atoms with E-state index in [1.54, 1.807) is 0 Å². The second kappa shape index (κ2) is 4.36. The van der Waals surface area contributed by atoms with Crippen molar-refractivity contribution < 1.29 is 0 Å². The first kappa shape index (κ1) is 13.1. The Morgan fingerprint density at radius 3 is 2.43 bits per heavy atom. The summed E-state index contributed by atoms with van der Waals surface area (Å²) in [5.74, 6) is 0. The second-order valence-electron chi connectivity index (χ2n) is 6.40. The Morgan fingerprint density at radius 2 is 1.57 bits per heavy atom. The lowest BCUT2D eigenvalue weighted by Gasteiger charge is -2.05. The first-order valence-corrected chi connectivity index (χ1v) is 8.77. The lowest BCUT2D eigenvalue weighted by atomic mass is 10.0. The first-order valence-electron chi connectivity index (χ1n) is 7.95. The van der Waals surface area contributed by atoms with Gasteiger partial charge in [-0.25, -0.2) is 0 Å². The van der Waals surface area contributed by atoms with Crippen LogP contribution < -0.4 is 0 Å². The molecule has 112 valence electrons. The Kier molecular flexibility index (Phi) is 2.49. The van der Waals surface area contributed by atoms with Crippen LogP contribution in [0.2, 0.25) is 0 Å². The number of aryl methyl sites for hydroxylation is 3. The maximum Gasteiger partial charge on any atom is 0.0525 e. The Morgan fingerprint density at radius 1 is 0.783 bits per heavy atom. The highest BCUT2D eigenvalue weighted by molar-refractivity contribution is 7.26. The molecule has 0 radical (unpaired) electrons. The zero-order valence-electron chi connectivity index (χ0n) is 13.5. The van der Waals surface area contributed by atoms with Crippen molar-refractivity contribution in [2.24, 2.45) is 7.05 Å². The SMILES string of the molecule is Cc1cccc2c3cc4sc5ccccc5c4c(C)c3n(C)c12. The van der Waals surface area contributed by atoms with Crippen LogP contribution in [0.1, 0.15) is 11.1 Å². The van der Waals surface area contributed by atoms with Gasteiger partial charge >= 0.3 is 0 Å². The van der Waals surface area contributed by atoms with Gasteiger partial charge in [-0.05, 0) is 37.1 Å². The van der Waals surface area contributed by atoms with E-state index in [2.05, 4.69) is 74.0 Å². The Balaban J connectivity index is 2.13. The molecule has 0 unspecified atom stereocenters. The van der Waals surface area contributed by atoms with Gasteiger partial charge in [0.2, 0.25) is 0 Å². The summed E-state index contributed by atoms with van der Waals surface area (Å²) in [4.78, 5) is 0. The number of benzene rings is 3. The number of fused-ring (bicyclic) bond motifs is 6. The first-order chi connectivity index (χ1) is 11.2. The monoisotopic (exact) mass is 315 g/mol. The molecule has 0 fully saturated rings. The Hall–Kier alpha value is -2.32. The van der Waals surface area contributed by atoms with Crippen LogP contribution in [-0.4, -0.2) is 4.57 Å². The summed E-state index contributed by atoms with van der Waals surface area (Å²) in [5, 5.41) is 5.54. The van der Waals surface area contributed by atoms with Crippen LogP contribution in [0.25, 0.3) is 42.0 Å². The van der Waals surface area contributed by atoms with Crippen molar-refractivity contribution in [3.05, 3.63) is 59.7 Å². The van der Waals surface area contributed by atoms with E-state index in [9.17, 15) is 0 Å². The lowest BCUT2D eigenvalue weighted by molar-refractivity contribution is 1.00. The van der Waals surface area contributed by atoms with Crippen molar-refractivity contribution in [1.82, 2.24) is 4.57 Å². The molecule has 0 aliphatic heterocycles. The summed E-state index contributed by atoms with van der Waals surface area (Å²) in [6, 6.07) is 17.8. The third-order valence-electron chi connectivity index (χ3n) is 5.08. The van der Waals surface area contributed by atoms with E-state index < -0.39 is 0 Å². The molecule has 2 heterocycles. The predicted molar refractivity (Wildman–Crippen MR) is 103 cm³/mol. The lowest BCUT2D eigenvalue weighted by Crippen LogP contribution is -1.91. The van der Waals surface area contributed by atoms with Gasteiger partial charge < -0.3 is 4.57 Å². The highest BCUT2D eigenvalue weighted by Gasteiger charge is 2.16. The van der Waals surface area contributed by atoms with Gasteiger partial charge in [0.15, 0.2) is 0 Å². The van der Waals surface area contributed by atoms with E-state index in [1.165, 1.54) is 53.1 Å². The quantitative estimate of drug-likeness (QED) is 0.315. The molecular weight excluding hydrogens is 298 g/mol. The van der Waals surface area contributed by atoms with E-state index in [4.69, 9.17) is 0 Å². The number of hydrogen-bond donors (Lipinski definition) is 0. The molecule has 2 aromatic heterocycles. The molecule has 0 saturated carbocycles. The number of thiophene rings is 1. The predicted octanol–water partition coefficient (Wildman–Crippen LogP) is 6.32. The molecule has 5 rings (SSSR count). The van der Waals surface area contributed by atoms with Crippen LogP contribution in [-0.2, 0) is 7.05 Å². The summed E-state index contributed by atoms with van der Waals surface area (Å²) >= 11 is 1.90. The molecule has 0 aliphatic carbocycles. The van der Waals surface area contributed by atoms with Gasteiger partial charge in [-0.2, -0.15) is 0 Å². The van der Waals surface area contributed by atoms with E-state index >= 15 is 0 Å². The number of nitrogens with zero attached hydrogens (tertiary/aromatic N) is 1. The van der Waals surface area contributed by atoms with Crippen molar-refractivity contribution in [1.29, 1.82) is 0 Å². The Labute approximate surface area is 138 Å². The van der Waals surface area contributed by atoms with Crippen LogP contribution >= 0.6 is 11.3 Å². The average Bonchev–Trinajstić information content (AvgIpc) is 3.05. The maximum atomic E-state index is 2.39. The molecule has 0 amide bonds. The fraction of sp³-hybridized carbons (Fsp3) is 0.143. The second-order valence-corrected chi connectivity index (χ2v) is 7.48. The highest BCUT2D eigenvalue weighted by atomic mass is 32.1. The van der Waals surface area contributed by atoms with Crippen molar-refractivity contribution >= 4 is 53.3 Å². The van der Waals surface area contributed by atoms with Crippen molar-refractivity contribution in [2.45, 2.75) is 13.8 Å². The zero-order chi connectivity index (χ0) is 15.7. The standard InChI is InChI=1S/C21H17NS/c1-12-7-6-9-14-16-11-18-19(13(2)21(16)22(3)20(12)14)15-8-4-5-10-17(15)23-18/h4-11H,1-3H3. The number of aromatic nitrogens is 1. The topological polar surface area (TPSA) is 4.93 Å². The van der Waals surface area contributed by atoms with Crippen LogP contribution in [0.15, 0.2) is 48.5 Å². The minimum atomic E-state index is 1.34. The van der Waals surface area contributed by atoms with E-state index in [0.717, 1.165) is 0 Å². The summed E-state index contributed by atoms with van der Waals surface area (Å²) < 4.78 is 5.15. The van der Waals surface area contributed by atoms with Gasteiger partial charge in [0.1, 0.15) is 0 Å². The van der Waals surface area contributed by atoms with E-state index in [0.29, 0.717) is 0 Å². The van der Waals surface area contributed by atoms with Crippen LogP contribution in [0.4, 0.5) is 0 Å². The number of hydrogen-bond acceptors (Lipinski definition) is 1. The molecule has 23 heavy (non-hydrogen) atoms. The molecule has 2 heteroatoms. The van der Waals surface area contributed by atoms with Gasteiger partial charge in [0, 0.05) is 38.0 Å². The molecule has 0 spiro atoms. The molecule has 0 N–H and O–H groups in total. The van der Waals surface area contributed by atoms with Crippen molar-refractivity contribution in [2.75, 3.05) is 0 Å².